The van der Waals surface area contributed by atoms with Gasteiger partial charge < -0.3 is 10.2 Å². The first-order valence-electron chi connectivity index (χ1n) is 7.25. The Bertz CT molecular complexity index is 840. The lowest BCUT2D eigenvalue weighted by atomic mass is 10.1. The normalized spacial score (nSPS) is 11.2. The number of amides is 2. The van der Waals surface area contributed by atoms with Crippen LogP contribution in [0.1, 0.15) is 15.9 Å². The van der Waals surface area contributed by atoms with Crippen molar-refractivity contribution in [3.8, 4) is 0 Å². The van der Waals surface area contributed by atoms with Crippen LogP contribution >= 0.6 is 11.6 Å². The van der Waals surface area contributed by atoms with E-state index >= 15 is 0 Å². The second-order valence-electron chi connectivity index (χ2n) is 5.44. The molecule has 0 aliphatic rings. The summed E-state index contributed by atoms with van der Waals surface area (Å²) in [5, 5.41) is 2.58. The molecule has 26 heavy (non-hydrogen) atoms. The highest BCUT2D eigenvalue weighted by molar-refractivity contribution is 6.30. The quantitative estimate of drug-likeness (QED) is 0.796. The Morgan fingerprint density at radius 1 is 1.15 bits per heavy atom. The molecule has 9 heteroatoms. The van der Waals surface area contributed by atoms with Gasteiger partial charge in [-0.05, 0) is 35.9 Å². The number of halogens is 5. The fourth-order valence-electron chi connectivity index (χ4n) is 2.18. The third-order valence-corrected chi connectivity index (χ3v) is 3.60. The topological polar surface area (TPSA) is 49.4 Å². The molecule has 2 aromatic carbocycles. The van der Waals surface area contributed by atoms with E-state index in [2.05, 4.69) is 5.32 Å². The van der Waals surface area contributed by atoms with Gasteiger partial charge in [-0.2, -0.15) is 13.2 Å². The van der Waals surface area contributed by atoms with Crippen LogP contribution in [0.5, 0.6) is 0 Å². The van der Waals surface area contributed by atoms with E-state index in [1.807, 2.05) is 0 Å². The molecule has 2 rings (SSSR count). The number of rotatable bonds is 4. The highest BCUT2D eigenvalue weighted by atomic mass is 35.5. The number of carbonyl (C=O) groups excluding carboxylic acids is 2. The van der Waals surface area contributed by atoms with Crippen molar-refractivity contribution >= 4 is 29.1 Å². The Morgan fingerprint density at radius 2 is 1.85 bits per heavy atom. The maximum atomic E-state index is 13.8. The predicted octanol–water partition coefficient (Wildman–Crippen LogP) is 4.25. The lowest BCUT2D eigenvalue weighted by Gasteiger charge is -2.19. The van der Waals surface area contributed by atoms with Crippen LogP contribution < -0.4 is 5.32 Å². The van der Waals surface area contributed by atoms with Crippen molar-refractivity contribution < 1.29 is 27.2 Å². The van der Waals surface area contributed by atoms with Crippen LogP contribution in [0.15, 0.2) is 42.5 Å². The summed E-state index contributed by atoms with van der Waals surface area (Å²) in [7, 11) is 1.02. The average molecular weight is 389 g/mol. The molecule has 0 radical (unpaired) electrons. The van der Waals surface area contributed by atoms with Crippen molar-refractivity contribution in [3.05, 3.63) is 64.4 Å². The van der Waals surface area contributed by atoms with Crippen molar-refractivity contribution in [2.75, 3.05) is 12.4 Å². The van der Waals surface area contributed by atoms with E-state index in [-0.39, 0.29) is 22.8 Å². The standard InChI is InChI=1S/C17H13ClF4N2O2/c1-24(16(26)17(20,21)22)9-10-3-2-4-12(7-10)23-15(25)13-6-5-11(18)8-14(13)19/h2-8H,9H2,1H3,(H,23,25). The Kier molecular flexibility index (Phi) is 5.86. The van der Waals surface area contributed by atoms with Crippen LogP contribution in [0.3, 0.4) is 0 Å². The number of benzene rings is 2. The summed E-state index contributed by atoms with van der Waals surface area (Å²) in [6, 6.07) is 9.44. The Morgan fingerprint density at radius 3 is 2.46 bits per heavy atom. The number of carbonyl (C=O) groups is 2. The molecule has 2 amide bonds. The Balaban J connectivity index is 2.11. The molecule has 0 saturated carbocycles. The van der Waals surface area contributed by atoms with Crippen molar-refractivity contribution in [1.29, 1.82) is 0 Å². The molecule has 1 N–H and O–H groups in total. The maximum absolute atomic E-state index is 13.8. The molecular formula is C17H13ClF4N2O2. The highest BCUT2D eigenvalue weighted by Gasteiger charge is 2.41. The molecule has 0 aromatic heterocycles. The molecule has 0 heterocycles. The minimum Gasteiger partial charge on any atom is -0.334 e. The summed E-state index contributed by atoms with van der Waals surface area (Å²) in [4.78, 5) is 23.8. The SMILES string of the molecule is CN(Cc1cccc(NC(=O)c2ccc(Cl)cc2F)c1)C(=O)C(F)(F)F. The first-order valence-corrected chi connectivity index (χ1v) is 7.63. The molecule has 0 atom stereocenters. The van der Waals surface area contributed by atoms with Crippen LogP contribution in [0.4, 0.5) is 23.2 Å². The third kappa shape index (κ3) is 4.95. The van der Waals surface area contributed by atoms with Crippen molar-refractivity contribution in [2.24, 2.45) is 0 Å². The molecular weight excluding hydrogens is 376 g/mol. The molecule has 4 nitrogen and oxygen atoms in total. The molecule has 0 aliphatic carbocycles. The van der Waals surface area contributed by atoms with Gasteiger partial charge in [0.15, 0.2) is 0 Å². The number of alkyl halides is 3. The zero-order valence-corrected chi connectivity index (χ0v) is 14.2. The maximum Gasteiger partial charge on any atom is 0.471 e. The van der Waals surface area contributed by atoms with E-state index in [9.17, 15) is 27.2 Å². The fraction of sp³-hybridized carbons (Fsp3) is 0.176. The van der Waals surface area contributed by atoms with Crippen LogP contribution in [-0.2, 0) is 11.3 Å². The molecule has 0 unspecified atom stereocenters. The van der Waals surface area contributed by atoms with Crippen molar-refractivity contribution in [3.63, 3.8) is 0 Å². The molecule has 2 aromatic rings. The van der Waals surface area contributed by atoms with Crippen LogP contribution in [-0.4, -0.2) is 29.9 Å². The summed E-state index contributed by atoms with van der Waals surface area (Å²) in [6.45, 7) is -0.308. The summed E-state index contributed by atoms with van der Waals surface area (Å²) >= 11 is 5.62. The van der Waals surface area contributed by atoms with Crippen molar-refractivity contribution in [1.82, 2.24) is 4.90 Å². The predicted molar refractivity (Wildman–Crippen MR) is 88.3 cm³/mol. The van der Waals surface area contributed by atoms with Crippen LogP contribution in [0, 0.1) is 5.82 Å². The van der Waals surface area contributed by atoms with Gasteiger partial charge in [-0.1, -0.05) is 23.7 Å². The van der Waals surface area contributed by atoms with E-state index in [1.54, 1.807) is 0 Å². The Labute approximate surface area is 151 Å². The molecule has 0 spiro atoms. The van der Waals surface area contributed by atoms with Gasteiger partial charge in [0.1, 0.15) is 5.82 Å². The second kappa shape index (κ2) is 7.74. The number of hydrogen-bond donors (Lipinski definition) is 1. The second-order valence-corrected chi connectivity index (χ2v) is 5.87. The minimum absolute atomic E-state index is 0.137. The summed E-state index contributed by atoms with van der Waals surface area (Å²) in [5.41, 5.74) is 0.373. The van der Waals surface area contributed by atoms with E-state index in [4.69, 9.17) is 11.6 Å². The lowest BCUT2D eigenvalue weighted by Crippen LogP contribution is -2.37. The molecule has 0 saturated heterocycles. The van der Waals surface area contributed by atoms with Crippen LogP contribution in [0.2, 0.25) is 5.02 Å². The zero-order valence-electron chi connectivity index (χ0n) is 13.4. The number of anilines is 1. The molecule has 0 fully saturated rings. The van der Waals surface area contributed by atoms with E-state index < -0.39 is 23.8 Å². The summed E-state index contributed by atoms with van der Waals surface area (Å²) < 4.78 is 51.0. The summed E-state index contributed by atoms with van der Waals surface area (Å²) in [6.07, 6.45) is -4.97. The molecule has 138 valence electrons. The van der Waals surface area contributed by atoms with Gasteiger partial charge >= 0.3 is 12.1 Å². The smallest absolute Gasteiger partial charge is 0.334 e. The van der Waals surface area contributed by atoms with E-state index in [0.717, 1.165) is 13.1 Å². The Hall–Kier alpha value is -2.61. The van der Waals surface area contributed by atoms with Gasteiger partial charge in [-0.3, -0.25) is 9.59 Å². The van der Waals surface area contributed by atoms with Crippen LogP contribution in [0.25, 0.3) is 0 Å². The largest absolute Gasteiger partial charge is 0.471 e. The van der Waals surface area contributed by atoms with Crippen molar-refractivity contribution in [2.45, 2.75) is 12.7 Å². The van der Waals surface area contributed by atoms with Gasteiger partial charge in [0.2, 0.25) is 0 Å². The number of nitrogens with one attached hydrogen (secondary N) is 1. The zero-order chi connectivity index (χ0) is 19.5. The van der Waals surface area contributed by atoms with Gasteiger partial charge in [0.05, 0.1) is 5.56 Å². The minimum atomic E-state index is -4.97. The molecule has 0 aliphatic heterocycles. The van der Waals surface area contributed by atoms with Gasteiger partial charge in [-0.15, -0.1) is 0 Å². The first kappa shape index (κ1) is 19.7. The van der Waals surface area contributed by atoms with Gasteiger partial charge in [0.25, 0.3) is 5.91 Å². The van der Waals surface area contributed by atoms with Gasteiger partial charge in [-0.25, -0.2) is 4.39 Å². The van der Waals surface area contributed by atoms with E-state index in [0.29, 0.717) is 10.5 Å². The monoisotopic (exact) mass is 388 g/mol. The number of hydrogen-bond acceptors (Lipinski definition) is 2. The van der Waals surface area contributed by atoms with E-state index in [1.165, 1.54) is 36.4 Å². The average Bonchev–Trinajstić information content (AvgIpc) is 2.53. The molecule has 0 bridgehead atoms. The third-order valence-electron chi connectivity index (χ3n) is 3.37. The fourth-order valence-corrected chi connectivity index (χ4v) is 2.34. The lowest BCUT2D eigenvalue weighted by molar-refractivity contribution is -0.184. The van der Waals surface area contributed by atoms with Gasteiger partial charge in [0, 0.05) is 24.3 Å². The summed E-state index contributed by atoms with van der Waals surface area (Å²) in [5.74, 6) is -3.52. The first-order chi connectivity index (χ1) is 12.1. The highest BCUT2D eigenvalue weighted by Crippen LogP contribution is 2.21. The number of nitrogens with zero attached hydrogens (tertiary/aromatic N) is 1.